The third-order valence-electron chi connectivity index (χ3n) is 3.64. The van der Waals surface area contributed by atoms with Crippen molar-refractivity contribution in [2.45, 2.75) is 18.9 Å². The number of halogens is 6. The molecule has 0 aliphatic heterocycles. The zero-order valence-corrected chi connectivity index (χ0v) is 13.9. The van der Waals surface area contributed by atoms with Crippen LogP contribution in [0.25, 0.3) is 4.85 Å². The normalized spacial score (nSPS) is 11.8. The molecule has 0 fully saturated rings. The van der Waals surface area contributed by atoms with Gasteiger partial charge in [-0.2, -0.15) is 26.3 Å². The summed E-state index contributed by atoms with van der Waals surface area (Å²) in [5.74, 6) is 0. The van der Waals surface area contributed by atoms with Crippen molar-refractivity contribution >= 4 is 17.1 Å². The van der Waals surface area contributed by atoms with Crippen molar-refractivity contribution in [3.63, 3.8) is 0 Å². The highest BCUT2D eigenvalue weighted by Gasteiger charge is 2.36. The molecule has 148 valence electrons. The molecule has 28 heavy (non-hydrogen) atoms. The maximum absolute atomic E-state index is 13.1. The van der Waals surface area contributed by atoms with Crippen LogP contribution >= 0.6 is 0 Å². The molecule has 0 spiro atoms. The van der Waals surface area contributed by atoms with E-state index in [4.69, 9.17) is 6.57 Å². The zero-order valence-electron chi connectivity index (χ0n) is 13.9. The Bertz CT molecular complexity index is 918. The molecule has 0 saturated heterocycles. The fraction of sp³-hybridized carbons (Fsp3) is 0.235. The second kappa shape index (κ2) is 7.75. The number of rotatable bonds is 5. The zero-order chi connectivity index (χ0) is 21.1. The van der Waals surface area contributed by atoms with Crippen LogP contribution in [0.4, 0.5) is 43.4 Å². The van der Waals surface area contributed by atoms with Crippen molar-refractivity contribution in [2.75, 3.05) is 11.4 Å². The Morgan fingerprint density at radius 1 is 1.07 bits per heavy atom. The Kier molecular flexibility index (Phi) is 5.82. The Balaban J connectivity index is 2.48. The molecule has 0 unspecified atom stereocenters. The smallest absolute Gasteiger partial charge is 0.358 e. The minimum absolute atomic E-state index is 0.112. The van der Waals surface area contributed by atoms with Crippen LogP contribution in [0.2, 0.25) is 0 Å². The molecule has 0 bridgehead atoms. The fourth-order valence-corrected chi connectivity index (χ4v) is 2.49. The number of hydrogen-bond acceptors (Lipinski definition) is 3. The van der Waals surface area contributed by atoms with E-state index in [9.17, 15) is 36.5 Å². The lowest BCUT2D eigenvalue weighted by Gasteiger charge is -2.27. The maximum atomic E-state index is 13.1. The second-order valence-electron chi connectivity index (χ2n) is 5.71. The average Bonchev–Trinajstić information content (AvgIpc) is 2.59. The second-order valence-corrected chi connectivity index (χ2v) is 5.71. The van der Waals surface area contributed by atoms with Crippen molar-refractivity contribution in [3.05, 3.63) is 75.1 Å². The van der Waals surface area contributed by atoms with Crippen molar-refractivity contribution in [2.24, 2.45) is 0 Å². The van der Waals surface area contributed by atoms with Crippen LogP contribution in [0.5, 0.6) is 0 Å². The highest BCUT2D eigenvalue weighted by Crippen LogP contribution is 2.39. The van der Waals surface area contributed by atoms with E-state index in [0.717, 1.165) is 24.3 Å². The average molecular weight is 403 g/mol. The lowest BCUT2D eigenvalue weighted by Crippen LogP contribution is -2.34. The third-order valence-corrected chi connectivity index (χ3v) is 3.64. The quantitative estimate of drug-likeness (QED) is 0.277. The van der Waals surface area contributed by atoms with Gasteiger partial charge in [0, 0.05) is 24.4 Å². The number of non-ortho nitro benzene ring substituents is 1. The van der Waals surface area contributed by atoms with Gasteiger partial charge in [0.05, 0.1) is 17.1 Å². The summed E-state index contributed by atoms with van der Waals surface area (Å²) in [6, 6.07) is 7.02. The molecule has 0 heterocycles. The van der Waals surface area contributed by atoms with Gasteiger partial charge in [-0.05, 0) is 17.7 Å². The molecule has 2 aromatic rings. The van der Waals surface area contributed by atoms with Crippen molar-refractivity contribution in [1.82, 2.24) is 0 Å². The first-order valence-electron chi connectivity index (χ1n) is 7.54. The van der Waals surface area contributed by atoms with Crippen molar-refractivity contribution in [1.29, 1.82) is 0 Å². The summed E-state index contributed by atoms with van der Waals surface area (Å²) >= 11 is 0. The van der Waals surface area contributed by atoms with E-state index in [1.807, 2.05) is 0 Å². The Hall–Kier alpha value is -3.29. The summed E-state index contributed by atoms with van der Waals surface area (Å²) in [7, 11) is 0. The van der Waals surface area contributed by atoms with E-state index < -0.39 is 47.3 Å². The Labute approximate surface area is 154 Å². The molecule has 5 nitrogen and oxygen atoms in total. The van der Waals surface area contributed by atoms with Crippen LogP contribution in [-0.2, 0) is 12.7 Å². The summed E-state index contributed by atoms with van der Waals surface area (Å²) in [6.45, 7) is 4.70. The van der Waals surface area contributed by atoms with Crippen LogP contribution in [0.15, 0.2) is 42.5 Å². The predicted molar refractivity (Wildman–Crippen MR) is 87.9 cm³/mol. The largest absolute Gasteiger partial charge is 0.407 e. The van der Waals surface area contributed by atoms with E-state index in [2.05, 4.69) is 4.85 Å². The van der Waals surface area contributed by atoms with Crippen LogP contribution in [0, 0.1) is 16.7 Å². The number of benzene rings is 2. The summed E-state index contributed by atoms with van der Waals surface area (Å²) in [5.41, 5.74) is -2.75. The van der Waals surface area contributed by atoms with Gasteiger partial charge < -0.3 is 4.90 Å². The summed E-state index contributed by atoms with van der Waals surface area (Å²) in [5, 5.41) is 10.8. The van der Waals surface area contributed by atoms with Gasteiger partial charge in [0.2, 0.25) is 0 Å². The van der Waals surface area contributed by atoms with Gasteiger partial charge >= 0.3 is 12.4 Å². The predicted octanol–water partition coefficient (Wildman–Crippen LogP) is 5.73. The molecular weight excluding hydrogens is 392 g/mol. The van der Waals surface area contributed by atoms with E-state index in [-0.39, 0.29) is 11.3 Å². The number of nitrogens with zero attached hydrogens (tertiary/aromatic N) is 3. The van der Waals surface area contributed by atoms with Gasteiger partial charge in [-0.3, -0.25) is 10.1 Å². The standard InChI is InChI=1S/C17H11F6N3O2/c1-24-15-6-5-12(8-14(15)17(21,22)23)25(10-16(18,19)20)9-11-3-2-4-13(7-11)26(27)28/h2-8H,9-10H2. The highest BCUT2D eigenvalue weighted by molar-refractivity contribution is 5.62. The first-order valence-corrected chi connectivity index (χ1v) is 7.54. The first-order chi connectivity index (χ1) is 12.9. The Morgan fingerprint density at radius 2 is 1.75 bits per heavy atom. The van der Waals surface area contributed by atoms with Gasteiger partial charge in [0.1, 0.15) is 6.54 Å². The number of hydrogen-bond donors (Lipinski definition) is 0. The Morgan fingerprint density at radius 3 is 2.29 bits per heavy atom. The molecule has 2 rings (SSSR count). The molecule has 0 amide bonds. The SMILES string of the molecule is [C-]#[N+]c1ccc(N(Cc2cccc([N+](=O)[O-])c2)CC(F)(F)F)cc1C(F)(F)F. The van der Waals surface area contributed by atoms with Crippen LogP contribution in [0.1, 0.15) is 11.1 Å². The van der Waals surface area contributed by atoms with E-state index in [1.54, 1.807) is 0 Å². The molecule has 0 aromatic heterocycles. The monoisotopic (exact) mass is 403 g/mol. The lowest BCUT2D eigenvalue weighted by atomic mass is 10.1. The summed E-state index contributed by atoms with van der Waals surface area (Å²) in [4.78, 5) is 13.4. The van der Waals surface area contributed by atoms with Gasteiger partial charge in [0.15, 0.2) is 5.69 Å². The molecular formula is C17H11F6N3O2. The minimum atomic E-state index is -4.93. The van der Waals surface area contributed by atoms with E-state index in [1.165, 1.54) is 12.1 Å². The lowest BCUT2D eigenvalue weighted by molar-refractivity contribution is -0.384. The molecule has 0 aliphatic carbocycles. The minimum Gasteiger partial charge on any atom is -0.358 e. The highest BCUT2D eigenvalue weighted by atomic mass is 19.4. The number of nitro benzene ring substituents is 1. The first kappa shape index (κ1) is 21.0. The van der Waals surface area contributed by atoms with Gasteiger partial charge in [-0.15, -0.1) is 0 Å². The van der Waals surface area contributed by atoms with E-state index in [0.29, 0.717) is 11.0 Å². The molecule has 0 atom stereocenters. The molecule has 0 saturated carbocycles. The number of anilines is 1. The van der Waals surface area contributed by atoms with Crippen molar-refractivity contribution < 1.29 is 31.3 Å². The van der Waals surface area contributed by atoms with Crippen LogP contribution in [0.3, 0.4) is 0 Å². The van der Waals surface area contributed by atoms with Crippen molar-refractivity contribution in [3.8, 4) is 0 Å². The van der Waals surface area contributed by atoms with Crippen LogP contribution < -0.4 is 4.90 Å². The third kappa shape index (κ3) is 5.35. The summed E-state index contributed by atoms with van der Waals surface area (Å²) in [6.07, 6.45) is -9.66. The number of alkyl halides is 6. The van der Waals surface area contributed by atoms with Crippen LogP contribution in [-0.4, -0.2) is 17.6 Å². The van der Waals surface area contributed by atoms with Gasteiger partial charge in [-0.25, -0.2) is 4.85 Å². The molecule has 11 heteroatoms. The molecule has 0 aliphatic rings. The topological polar surface area (TPSA) is 50.7 Å². The molecule has 0 N–H and O–H groups in total. The summed E-state index contributed by atoms with van der Waals surface area (Å²) < 4.78 is 78.3. The molecule has 0 radical (unpaired) electrons. The maximum Gasteiger partial charge on any atom is 0.407 e. The van der Waals surface area contributed by atoms with Gasteiger partial charge in [0.25, 0.3) is 5.69 Å². The van der Waals surface area contributed by atoms with Gasteiger partial charge in [-0.1, -0.05) is 18.2 Å². The fourth-order valence-electron chi connectivity index (χ4n) is 2.49. The molecule has 2 aromatic carbocycles. The number of nitro groups is 1. The van der Waals surface area contributed by atoms with E-state index >= 15 is 0 Å².